The van der Waals surface area contributed by atoms with Crippen LogP contribution in [-0.2, 0) is 16.9 Å². The van der Waals surface area contributed by atoms with Gasteiger partial charge in [-0.15, -0.1) is 11.3 Å². The number of para-hydroxylation sites is 1. The average Bonchev–Trinajstić information content (AvgIpc) is 3.16. The Morgan fingerprint density at radius 1 is 1.15 bits per heavy atom. The highest BCUT2D eigenvalue weighted by atomic mass is 32.1. The molecule has 0 saturated carbocycles. The van der Waals surface area contributed by atoms with E-state index in [1.807, 2.05) is 31.2 Å². The third-order valence-electron chi connectivity index (χ3n) is 4.67. The number of thiazole rings is 1. The molecule has 5 nitrogen and oxygen atoms in total. The van der Waals surface area contributed by atoms with Crippen LogP contribution in [0.2, 0.25) is 0 Å². The number of benzene rings is 2. The molecule has 2 heterocycles. The van der Waals surface area contributed by atoms with Gasteiger partial charge in [0.25, 0.3) is 5.91 Å². The zero-order valence-corrected chi connectivity index (χ0v) is 14.8. The summed E-state index contributed by atoms with van der Waals surface area (Å²) in [4.78, 5) is 31.3. The summed E-state index contributed by atoms with van der Waals surface area (Å²) < 4.78 is 14.3. The highest BCUT2D eigenvalue weighted by Gasteiger charge is 2.51. The third-order valence-corrected chi connectivity index (χ3v) is 5.70. The van der Waals surface area contributed by atoms with Crippen molar-refractivity contribution in [2.75, 3.05) is 0 Å². The molecule has 2 aromatic carbocycles. The Bertz CT molecular complexity index is 968. The van der Waals surface area contributed by atoms with Crippen molar-refractivity contribution in [1.29, 1.82) is 0 Å². The summed E-state index contributed by atoms with van der Waals surface area (Å²) in [5.74, 6) is -0.723. The maximum atomic E-state index is 13.3. The van der Waals surface area contributed by atoms with Crippen LogP contribution in [0.15, 0.2) is 48.5 Å². The lowest BCUT2D eigenvalue weighted by Gasteiger charge is -2.25. The van der Waals surface area contributed by atoms with Crippen molar-refractivity contribution in [2.45, 2.75) is 25.4 Å². The first-order chi connectivity index (χ1) is 12.5. The fraction of sp³-hybridized carbons (Fsp3) is 0.211. The topological polar surface area (TPSA) is 62.3 Å². The van der Waals surface area contributed by atoms with E-state index in [9.17, 15) is 14.0 Å². The first kappa shape index (κ1) is 16.7. The Hall–Kier alpha value is -2.80. The first-order valence-electron chi connectivity index (χ1n) is 8.28. The Morgan fingerprint density at radius 3 is 2.58 bits per heavy atom. The van der Waals surface area contributed by atoms with Crippen LogP contribution in [0.5, 0.6) is 0 Å². The quantitative estimate of drug-likeness (QED) is 0.712. The highest BCUT2D eigenvalue weighted by Crippen LogP contribution is 2.34. The third kappa shape index (κ3) is 2.55. The van der Waals surface area contributed by atoms with Gasteiger partial charge in [0.2, 0.25) is 0 Å². The van der Waals surface area contributed by atoms with Crippen LogP contribution < -0.4 is 5.32 Å². The van der Waals surface area contributed by atoms with Gasteiger partial charge in [-0.3, -0.25) is 9.69 Å². The van der Waals surface area contributed by atoms with E-state index in [0.29, 0.717) is 17.0 Å². The molecular formula is C19H16FN3O2S. The van der Waals surface area contributed by atoms with E-state index in [-0.39, 0.29) is 18.3 Å². The molecule has 7 heteroatoms. The minimum Gasteiger partial charge on any atom is -0.319 e. The lowest BCUT2D eigenvalue weighted by molar-refractivity contribution is -0.132. The minimum absolute atomic E-state index is 0.118. The molecule has 3 aromatic rings. The van der Waals surface area contributed by atoms with Crippen molar-refractivity contribution >= 4 is 33.5 Å². The molecule has 1 saturated heterocycles. The monoisotopic (exact) mass is 369 g/mol. The molecule has 0 spiro atoms. The Labute approximate surface area is 153 Å². The molecule has 4 rings (SSSR count). The second-order valence-corrected chi connectivity index (χ2v) is 7.28. The number of urea groups is 1. The fourth-order valence-electron chi connectivity index (χ4n) is 3.27. The number of amides is 3. The van der Waals surface area contributed by atoms with Crippen molar-refractivity contribution in [2.24, 2.45) is 0 Å². The van der Waals surface area contributed by atoms with Gasteiger partial charge < -0.3 is 5.32 Å². The smallest absolute Gasteiger partial charge is 0.319 e. The number of carbonyl (C=O) groups excluding carboxylic acids is 2. The highest BCUT2D eigenvalue weighted by molar-refractivity contribution is 7.18. The molecule has 132 valence electrons. The van der Waals surface area contributed by atoms with E-state index in [0.717, 1.165) is 10.2 Å². The zero-order chi connectivity index (χ0) is 18.3. The molecule has 0 unspecified atom stereocenters. The van der Waals surface area contributed by atoms with E-state index in [1.54, 1.807) is 0 Å². The number of hydrogen-bond donors (Lipinski definition) is 1. The summed E-state index contributed by atoms with van der Waals surface area (Å²) >= 11 is 1.46. The first-order valence-corrected chi connectivity index (χ1v) is 9.10. The summed E-state index contributed by atoms with van der Waals surface area (Å²) in [7, 11) is 0. The second-order valence-electron chi connectivity index (χ2n) is 6.16. The Morgan fingerprint density at radius 2 is 1.88 bits per heavy atom. The molecule has 1 aliphatic rings. The lowest BCUT2D eigenvalue weighted by Crippen LogP contribution is -2.43. The number of nitrogens with zero attached hydrogens (tertiary/aromatic N) is 2. The molecule has 1 N–H and O–H groups in total. The van der Waals surface area contributed by atoms with Gasteiger partial charge in [0.1, 0.15) is 16.4 Å². The van der Waals surface area contributed by atoms with Gasteiger partial charge in [0.05, 0.1) is 16.8 Å². The van der Waals surface area contributed by atoms with Crippen molar-refractivity contribution < 1.29 is 14.0 Å². The predicted octanol–water partition coefficient (Wildman–Crippen LogP) is 3.79. The largest absolute Gasteiger partial charge is 0.325 e. The van der Waals surface area contributed by atoms with Crippen LogP contribution in [0.25, 0.3) is 10.2 Å². The second kappa shape index (κ2) is 6.17. The number of carbonyl (C=O) groups is 2. The van der Waals surface area contributed by atoms with Gasteiger partial charge in [0.15, 0.2) is 0 Å². The molecule has 1 aromatic heterocycles. The number of fused-ring (bicyclic) bond motifs is 1. The van der Waals surface area contributed by atoms with Crippen LogP contribution in [0, 0.1) is 5.82 Å². The van der Waals surface area contributed by atoms with Crippen LogP contribution in [0.4, 0.5) is 9.18 Å². The molecule has 3 amide bonds. The predicted molar refractivity (Wildman–Crippen MR) is 97.1 cm³/mol. The molecular weight excluding hydrogens is 353 g/mol. The molecule has 1 atom stereocenters. The van der Waals surface area contributed by atoms with Gasteiger partial charge in [-0.25, -0.2) is 14.2 Å². The minimum atomic E-state index is -1.17. The van der Waals surface area contributed by atoms with Gasteiger partial charge in [0, 0.05) is 0 Å². The van der Waals surface area contributed by atoms with Gasteiger partial charge in [-0.1, -0.05) is 31.2 Å². The fourth-order valence-corrected chi connectivity index (χ4v) is 4.22. The Kier molecular flexibility index (Phi) is 3.96. The van der Waals surface area contributed by atoms with E-state index in [2.05, 4.69) is 10.3 Å². The molecule has 0 bridgehead atoms. The molecule has 0 aliphatic carbocycles. The lowest BCUT2D eigenvalue weighted by atomic mass is 9.87. The standard InChI is InChI=1S/C19H16FN3O2S/c1-2-19(12-7-9-13(20)10-8-12)17(24)23(18(25)22-19)11-16-21-14-5-3-4-6-15(14)26-16/h3-10H,2,11H2,1H3,(H,22,25)/t19-/m1/s1. The number of rotatable bonds is 4. The van der Waals surface area contributed by atoms with Gasteiger partial charge in [-0.05, 0) is 36.2 Å². The van der Waals surface area contributed by atoms with Crippen molar-refractivity contribution in [3.63, 3.8) is 0 Å². The summed E-state index contributed by atoms with van der Waals surface area (Å²) in [6.45, 7) is 1.94. The maximum absolute atomic E-state index is 13.3. The number of hydrogen-bond acceptors (Lipinski definition) is 4. The Balaban J connectivity index is 1.66. The van der Waals surface area contributed by atoms with E-state index in [1.165, 1.54) is 40.5 Å². The maximum Gasteiger partial charge on any atom is 0.325 e. The normalized spacial score (nSPS) is 20.0. The van der Waals surface area contributed by atoms with Crippen LogP contribution in [0.3, 0.4) is 0 Å². The average molecular weight is 369 g/mol. The number of imide groups is 1. The van der Waals surface area contributed by atoms with Gasteiger partial charge >= 0.3 is 6.03 Å². The summed E-state index contributed by atoms with van der Waals surface area (Å²) in [5.41, 5.74) is 0.257. The van der Waals surface area contributed by atoms with Crippen LogP contribution in [0.1, 0.15) is 23.9 Å². The van der Waals surface area contributed by atoms with Crippen LogP contribution >= 0.6 is 11.3 Å². The van der Waals surface area contributed by atoms with Crippen molar-refractivity contribution in [1.82, 2.24) is 15.2 Å². The SMILES string of the molecule is CC[C@]1(c2ccc(F)cc2)NC(=O)N(Cc2nc3ccccc3s2)C1=O. The molecule has 1 fully saturated rings. The number of halogens is 1. The zero-order valence-electron chi connectivity index (χ0n) is 14.0. The van der Waals surface area contributed by atoms with E-state index in [4.69, 9.17) is 0 Å². The number of nitrogens with one attached hydrogen (secondary N) is 1. The number of aromatic nitrogens is 1. The van der Waals surface area contributed by atoms with Gasteiger partial charge in [-0.2, -0.15) is 0 Å². The molecule has 1 aliphatic heterocycles. The molecule has 0 radical (unpaired) electrons. The van der Waals surface area contributed by atoms with Crippen molar-refractivity contribution in [3.8, 4) is 0 Å². The van der Waals surface area contributed by atoms with E-state index >= 15 is 0 Å². The van der Waals surface area contributed by atoms with Crippen molar-refractivity contribution in [3.05, 3.63) is 64.9 Å². The summed E-state index contributed by atoms with van der Waals surface area (Å²) in [6, 6.07) is 12.9. The molecule has 26 heavy (non-hydrogen) atoms. The van der Waals surface area contributed by atoms with Crippen LogP contribution in [-0.4, -0.2) is 21.8 Å². The summed E-state index contributed by atoms with van der Waals surface area (Å²) in [6.07, 6.45) is 0.375. The van der Waals surface area contributed by atoms with E-state index < -0.39 is 11.6 Å². The summed E-state index contributed by atoms with van der Waals surface area (Å²) in [5, 5.41) is 3.49.